The Bertz CT molecular complexity index is 1840. The van der Waals surface area contributed by atoms with E-state index in [0.29, 0.717) is 25.7 Å². The lowest BCUT2D eigenvalue weighted by molar-refractivity contribution is -0.161. The molecule has 0 aromatic carbocycles. The van der Waals surface area contributed by atoms with Gasteiger partial charge in [0, 0.05) is 25.7 Å². The van der Waals surface area contributed by atoms with Crippen LogP contribution in [0.2, 0.25) is 0 Å². The van der Waals surface area contributed by atoms with Crippen molar-refractivity contribution in [1.29, 1.82) is 0 Å². The topological polar surface area (TPSA) is 237 Å². The molecule has 0 radical (unpaired) electrons. The number of ether oxygens (including phenoxy) is 4. The van der Waals surface area contributed by atoms with Crippen molar-refractivity contribution < 1.29 is 80.2 Å². The smallest absolute Gasteiger partial charge is 0.462 e. The van der Waals surface area contributed by atoms with E-state index in [9.17, 15) is 43.2 Å². The molecule has 0 fully saturated rings. The summed E-state index contributed by atoms with van der Waals surface area (Å²) in [5.74, 6) is -0.534. The highest BCUT2D eigenvalue weighted by molar-refractivity contribution is 7.47. The first-order chi connectivity index (χ1) is 45.9. The molecule has 0 saturated carbocycles. The fourth-order valence-electron chi connectivity index (χ4n) is 11.7. The Kier molecular flexibility index (Phi) is 66.5. The van der Waals surface area contributed by atoms with Gasteiger partial charge in [-0.05, 0) is 37.5 Å². The Balaban J connectivity index is 5.23. The van der Waals surface area contributed by atoms with Gasteiger partial charge in [0.1, 0.15) is 19.3 Å². The highest BCUT2D eigenvalue weighted by Crippen LogP contribution is 2.45. The molecule has 0 heterocycles. The van der Waals surface area contributed by atoms with Gasteiger partial charge in [-0.2, -0.15) is 0 Å². The van der Waals surface area contributed by atoms with Crippen LogP contribution in [0.5, 0.6) is 0 Å². The quantitative estimate of drug-likeness (QED) is 0.0222. The highest BCUT2D eigenvalue weighted by atomic mass is 31.2. The fourth-order valence-corrected chi connectivity index (χ4v) is 13.2. The third kappa shape index (κ3) is 70.3. The zero-order valence-electron chi connectivity index (χ0n) is 62.0. The number of esters is 4. The summed E-state index contributed by atoms with van der Waals surface area (Å²) in [5, 5.41) is 10.6. The van der Waals surface area contributed by atoms with Gasteiger partial charge in [-0.25, -0.2) is 9.13 Å². The summed E-state index contributed by atoms with van der Waals surface area (Å²) >= 11 is 0. The summed E-state index contributed by atoms with van der Waals surface area (Å²) in [4.78, 5) is 72.8. The summed E-state index contributed by atoms with van der Waals surface area (Å²) in [6.45, 7) is 9.63. The summed E-state index contributed by atoms with van der Waals surface area (Å²) in [7, 11) is -9.91. The van der Waals surface area contributed by atoms with E-state index in [2.05, 4.69) is 41.5 Å². The van der Waals surface area contributed by atoms with Crippen LogP contribution in [0.3, 0.4) is 0 Å². The van der Waals surface area contributed by atoms with Crippen molar-refractivity contribution in [3.63, 3.8) is 0 Å². The summed E-state index contributed by atoms with van der Waals surface area (Å²) in [5.41, 5.74) is 0. The van der Waals surface area contributed by atoms with Crippen LogP contribution in [0, 0.1) is 11.8 Å². The molecule has 3 N–H and O–H groups in total. The Labute approximate surface area is 581 Å². The number of carbonyl (C=O) groups is 4. The molecule has 0 bridgehead atoms. The molecule has 0 aromatic rings. The lowest BCUT2D eigenvalue weighted by Gasteiger charge is -2.21. The van der Waals surface area contributed by atoms with Gasteiger partial charge in [-0.3, -0.25) is 37.3 Å². The first kappa shape index (κ1) is 93.1. The third-order valence-corrected chi connectivity index (χ3v) is 19.6. The minimum absolute atomic E-state index is 0.107. The van der Waals surface area contributed by atoms with E-state index in [0.717, 1.165) is 102 Å². The van der Waals surface area contributed by atoms with Crippen molar-refractivity contribution in [1.82, 2.24) is 0 Å². The third-order valence-electron chi connectivity index (χ3n) is 17.7. The highest BCUT2D eigenvalue weighted by Gasteiger charge is 2.30. The second-order valence-corrected chi connectivity index (χ2v) is 31.3. The number of aliphatic hydroxyl groups excluding tert-OH is 1. The molecule has 564 valence electrons. The zero-order chi connectivity index (χ0) is 70.0. The minimum atomic E-state index is -4.96. The van der Waals surface area contributed by atoms with Gasteiger partial charge in [0.25, 0.3) is 0 Å². The Morgan fingerprint density at radius 2 is 0.484 bits per heavy atom. The van der Waals surface area contributed by atoms with Gasteiger partial charge < -0.3 is 33.8 Å². The predicted molar refractivity (Wildman–Crippen MR) is 386 cm³/mol. The second kappa shape index (κ2) is 67.9. The predicted octanol–water partition coefficient (Wildman–Crippen LogP) is 22.3. The average Bonchev–Trinajstić information content (AvgIpc) is 1.58. The monoisotopic (exact) mass is 1400 g/mol. The van der Waals surface area contributed by atoms with E-state index in [-0.39, 0.29) is 25.7 Å². The number of unbranched alkanes of at least 4 members (excludes halogenated alkanes) is 45. The van der Waals surface area contributed by atoms with Crippen molar-refractivity contribution in [2.45, 2.75) is 413 Å². The summed E-state index contributed by atoms with van der Waals surface area (Å²) in [6.07, 6.45) is 55.4. The molecule has 17 nitrogen and oxygen atoms in total. The molecule has 5 atom stereocenters. The van der Waals surface area contributed by atoms with Gasteiger partial charge in [-0.15, -0.1) is 0 Å². The molecule has 0 aliphatic rings. The van der Waals surface area contributed by atoms with Gasteiger partial charge in [0.05, 0.1) is 26.4 Å². The van der Waals surface area contributed by atoms with Crippen LogP contribution >= 0.6 is 15.6 Å². The van der Waals surface area contributed by atoms with Crippen molar-refractivity contribution >= 4 is 39.5 Å². The van der Waals surface area contributed by atoms with E-state index < -0.39 is 97.5 Å². The van der Waals surface area contributed by atoms with Gasteiger partial charge in [-0.1, -0.05) is 343 Å². The molecule has 0 aromatic heterocycles. The van der Waals surface area contributed by atoms with E-state index in [4.69, 9.17) is 37.0 Å². The first-order valence-corrected chi connectivity index (χ1v) is 42.5. The van der Waals surface area contributed by atoms with Crippen molar-refractivity contribution in [2.75, 3.05) is 39.6 Å². The summed E-state index contributed by atoms with van der Waals surface area (Å²) in [6, 6.07) is 0. The van der Waals surface area contributed by atoms with Crippen molar-refractivity contribution in [2.24, 2.45) is 11.8 Å². The van der Waals surface area contributed by atoms with Crippen molar-refractivity contribution in [3.8, 4) is 0 Å². The molecular weight excluding hydrogens is 1250 g/mol. The maximum absolute atomic E-state index is 13.1. The molecule has 19 heteroatoms. The van der Waals surface area contributed by atoms with Crippen LogP contribution in [0.1, 0.15) is 395 Å². The molecular formula is C76H148O17P2. The number of aliphatic hydroxyl groups is 1. The van der Waals surface area contributed by atoms with Gasteiger partial charge >= 0.3 is 39.5 Å². The molecule has 95 heavy (non-hydrogen) atoms. The molecule has 0 saturated heterocycles. The fraction of sp³-hybridized carbons (Fsp3) is 0.947. The second-order valence-electron chi connectivity index (χ2n) is 28.3. The largest absolute Gasteiger partial charge is 0.472 e. The maximum Gasteiger partial charge on any atom is 0.472 e. The lowest BCUT2D eigenvalue weighted by Crippen LogP contribution is -2.30. The van der Waals surface area contributed by atoms with E-state index >= 15 is 0 Å². The molecule has 0 aliphatic heterocycles. The Morgan fingerprint density at radius 3 is 0.716 bits per heavy atom. The van der Waals surface area contributed by atoms with Crippen LogP contribution in [0.25, 0.3) is 0 Å². The number of phosphoric ester groups is 2. The average molecular weight is 1400 g/mol. The van der Waals surface area contributed by atoms with Crippen LogP contribution in [-0.4, -0.2) is 96.7 Å². The normalized spacial score (nSPS) is 14.0. The van der Waals surface area contributed by atoms with Crippen LogP contribution in [-0.2, 0) is 65.4 Å². The summed E-state index contributed by atoms with van der Waals surface area (Å²) < 4.78 is 68.5. The molecule has 2 unspecified atom stereocenters. The molecule has 0 amide bonds. The maximum atomic E-state index is 13.1. The first-order valence-electron chi connectivity index (χ1n) is 39.5. The van der Waals surface area contributed by atoms with Gasteiger partial charge in [0.15, 0.2) is 12.2 Å². The minimum Gasteiger partial charge on any atom is -0.462 e. The van der Waals surface area contributed by atoms with Crippen LogP contribution < -0.4 is 0 Å². The Hall–Kier alpha value is -1.94. The van der Waals surface area contributed by atoms with E-state index in [1.54, 1.807) is 0 Å². The number of rotatable bonds is 75. The number of hydrogen-bond acceptors (Lipinski definition) is 15. The Morgan fingerprint density at radius 1 is 0.284 bits per heavy atom. The van der Waals surface area contributed by atoms with E-state index in [1.165, 1.54) is 212 Å². The molecule has 0 aliphatic carbocycles. The number of carbonyl (C=O) groups excluding carboxylic acids is 4. The molecule has 0 spiro atoms. The lowest BCUT2D eigenvalue weighted by atomic mass is 10.0. The molecule has 0 rings (SSSR count). The SMILES string of the molecule is CCCCCCCCCCCCCC(=O)OC[C@H](COP(=O)(O)OC[C@H](O)COP(=O)(O)OC[C@@H](COC(=O)CCCCCCCCCCCCCC(C)C)OC(=O)CCCCCCCCCCCCCCCCCCC(C)C)OC(=O)CCCCCCCCCCCCC. The van der Waals surface area contributed by atoms with Crippen LogP contribution in [0.4, 0.5) is 0 Å². The van der Waals surface area contributed by atoms with Crippen LogP contribution in [0.15, 0.2) is 0 Å². The van der Waals surface area contributed by atoms with Gasteiger partial charge in [0.2, 0.25) is 0 Å². The standard InChI is InChI=1S/C76H148O17P2/c1-7-9-11-13-15-17-26-34-40-46-52-58-73(78)86-64-71(92-75(80)60-54-48-42-36-27-18-16-14-12-10-8-2)66-90-94(82,83)88-62-70(77)63-89-95(84,85)91-67-72(65-87-74(79)59-53-47-41-35-31-25-29-33-39-45-51-57-69(5)6)93-76(81)61-55-49-43-37-30-24-22-20-19-21-23-28-32-38-44-50-56-68(3)4/h68-72,77H,7-67H2,1-6H3,(H,82,83)(H,84,85)/t70-,71+,72+/m0/s1. The zero-order valence-corrected chi connectivity index (χ0v) is 63.8. The van der Waals surface area contributed by atoms with Crippen molar-refractivity contribution in [3.05, 3.63) is 0 Å². The number of phosphoric acid groups is 2. The van der Waals surface area contributed by atoms with E-state index in [1.807, 2.05) is 0 Å². The number of hydrogen-bond donors (Lipinski definition) is 3.